The van der Waals surface area contributed by atoms with Gasteiger partial charge in [0.15, 0.2) is 0 Å². The molecule has 0 fully saturated rings. The fourth-order valence-corrected chi connectivity index (χ4v) is 2.72. The van der Waals surface area contributed by atoms with E-state index in [-0.39, 0.29) is 11.9 Å². The van der Waals surface area contributed by atoms with Gasteiger partial charge in [-0.3, -0.25) is 4.79 Å². The molecule has 0 saturated carbocycles. The van der Waals surface area contributed by atoms with Gasteiger partial charge in [-0.05, 0) is 43.0 Å². The van der Waals surface area contributed by atoms with Gasteiger partial charge in [-0.15, -0.1) is 11.3 Å². The number of imidazole rings is 1. The minimum atomic E-state index is -0.155. The molecule has 1 atom stereocenters. The molecule has 20 heavy (non-hydrogen) atoms. The van der Waals surface area contributed by atoms with Crippen LogP contribution in [0.2, 0.25) is 0 Å². The van der Waals surface area contributed by atoms with Crippen LogP contribution in [-0.2, 0) is 0 Å². The van der Waals surface area contributed by atoms with E-state index in [2.05, 4.69) is 21.4 Å². The van der Waals surface area contributed by atoms with Crippen LogP contribution in [0.5, 0.6) is 0 Å². The van der Waals surface area contributed by atoms with E-state index in [0.717, 1.165) is 16.9 Å². The third-order valence-corrected chi connectivity index (χ3v) is 4.03. The lowest BCUT2D eigenvalue weighted by molar-refractivity contribution is 0.0942. The number of H-pyrrole nitrogens is 1. The van der Waals surface area contributed by atoms with Crippen molar-refractivity contribution in [1.29, 1.82) is 0 Å². The lowest BCUT2D eigenvalue weighted by Gasteiger charge is -2.10. The summed E-state index contributed by atoms with van der Waals surface area (Å²) < 4.78 is 0. The number of hydrogen-bond acceptors (Lipinski definition) is 3. The van der Waals surface area contributed by atoms with Crippen LogP contribution in [0.3, 0.4) is 0 Å². The molecule has 0 bridgehead atoms. The fraction of sp³-hybridized carbons (Fsp3) is 0.200. The van der Waals surface area contributed by atoms with Crippen LogP contribution in [0.1, 0.15) is 34.0 Å². The van der Waals surface area contributed by atoms with Crippen molar-refractivity contribution < 1.29 is 4.79 Å². The smallest absolute Gasteiger partial charge is 0.261 e. The molecule has 4 nitrogen and oxygen atoms in total. The normalized spacial score (nSPS) is 12.5. The molecule has 0 aliphatic carbocycles. The van der Waals surface area contributed by atoms with Crippen LogP contribution in [0.15, 0.2) is 35.7 Å². The number of carbonyl (C=O) groups is 1. The molecule has 1 unspecified atom stereocenters. The minimum Gasteiger partial charge on any atom is -0.342 e. The van der Waals surface area contributed by atoms with Crippen LogP contribution in [-0.4, -0.2) is 15.9 Å². The van der Waals surface area contributed by atoms with Gasteiger partial charge in [-0.1, -0.05) is 12.1 Å². The number of aromatic nitrogens is 2. The number of carbonyl (C=O) groups excluding carboxylic acids is 1. The van der Waals surface area contributed by atoms with Crippen molar-refractivity contribution in [2.75, 3.05) is 0 Å². The van der Waals surface area contributed by atoms with E-state index >= 15 is 0 Å². The van der Waals surface area contributed by atoms with Crippen LogP contribution < -0.4 is 5.32 Å². The van der Waals surface area contributed by atoms with E-state index in [9.17, 15) is 4.79 Å². The van der Waals surface area contributed by atoms with Crippen LogP contribution >= 0.6 is 11.3 Å². The third kappa shape index (κ3) is 2.44. The molecule has 0 aliphatic heterocycles. The second kappa shape index (κ2) is 5.09. The lowest BCUT2D eigenvalue weighted by Crippen LogP contribution is -2.26. The highest BCUT2D eigenvalue weighted by atomic mass is 32.1. The second-order valence-corrected chi connectivity index (χ2v) is 5.76. The van der Waals surface area contributed by atoms with Crippen molar-refractivity contribution in [3.8, 4) is 0 Å². The zero-order chi connectivity index (χ0) is 14.1. The second-order valence-electron chi connectivity index (χ2n) is 4.82. The van der Waals surface area contributed by atoms with Gasteiger partial charge in [0.25, 0.3) is 5.91 Å². The Bertz CT molecular complexity index is 746. The average Bonchev–Trinajstić information content (AvgIpc) is 3.07. The first-order valence-corrected chi connectivity index (χ1v) is 7.32. The van der Waals surface area contributed by atoms with E-state index in [1.807, 2.05) is 43.5 Å². The highest BCUT2D eigenvalue weighted by molar-refractivity contribution is 7.12. The molecule has 2 heterocycles. The summed E-state index contributed by atoms with van der Waals surface area (Å²) >= 11 is 1.43. The summed E-state index contributed by atoms with van der Waals surface area (Å²) in [6, 6.07) is 9.60. The zero-order valence-corrected chi connectivity index (χ0v) is 12.1. The monoisotopic (exact) mass is 285 g/mol. The summed E-state index contributed by atoms with van der Waals surface area (Å²) in [7, 11) is 0. The number of thiophene rings is 1. The number of amides is 1. The molecule has 3 aromatic rings. The molecule has 2 aromatic heterocycles. The number of fused-ring (bicyclic) bond motifs is 1. The topological polar surface area (TPSA) is 57.8 Å². The van der Waals surface area contributed by atoms with E-state index in [1.54, 1.807) is 0 Å². The first-order chi connectivity index (χ1) is 9.63. The highest BCUT2D eigenvalue weighted by Gasteiger charge is 2.15. The van der Waals surface area contributed by atoms with Gasteiger partial charge in [0.1, 0.15) is 5.82 Å². The van der Waals surface area contributed by atoms with Crippen molar-refractivity contribution in [3.05, 3.63) is 52.0 Å². The van der Waals surface area contributed by atoms with Crippen molar-refractivity contribution >= 4 is 28.3 Å². The molecule has 3 rings (SSSR count). The molecule has 0 radical (unpaired) electrons. The summed E-state index contributed by atoms with van der Waals surface area (Å²) in [5, 5.41) is 4.84. The number of aromatic amines is 1. The molecule has 2 N–H and O–H groups in total. The van der Waals surface area contributed by atoms with Gasteiger partial charge in [0.05, 0.1) is 22.0 Å². The Morgan fingerprint density at radius 2 is 2.25 bits per heavy atom. The van der Waals surface area contributed by atoms with Gasteiger partial charge >= 0.3 is 0 Å². The SMILES string of the molecule is Cc1ccc2nc(C(C)NC(=O)c3cccs3)[nH]c2c1. The number of hydrogen-bond donors (Lipinski definition) is 2. The minimum absolute atomic E-state index is 0.0656. The maximum atomic E-state index is 12.0. The number of nitrogens with one attached hydrogen (secondary N) is 2. The van der Waals surface area contributed by atoms with Gasteiger partial charge in [0, 0.05) is 0 Å². The lowest BCUT2D eigenvalue weighted by atomic mass is 10.2. The van der Waals surface area contributed by atoms with E-state index in [1.165, 1.54) is 16.9 Å². The average molecular weight is 285 g/mol. The van der Waals surface area contributed by atoms with E-state index in [0.29, 0.717) is 4.88 Å². The van der Waals surface area contributed by atoms with Gasteiger partial charge in [-0.2, -0.15) is 0 Å². The Kier molecular flexibility index (Phi) is 3.28. The van der Waals surface area contributed by atoms with Crippen molar-refractivity contribution in [3.63, 3.8) is 0 Å². The Morgan fingerprint density at radius 1 is 1.40 bits per heavy atom. The molecule has 0 aliphatic rings. The number of rotatable bonds is 3. The molecule has 1 amide bonds. The number of aryl methyl sites for hydroxylation is 1. The van der Waals surface area contributed by atoms with Crippen LogP contribution in [0.25, 0.3) is 11.0 Å². The van der Waals surface area contributed by atoms with Gasteiger partial charge in [-0.25, -0.2) is 4.98 Å². The molecule has 1 aromatic carbocycles. The first-order valence-electron chi connectivity index (χ1n) is 6.44. The summed E-state index contributed by atoms with van der Waals surface area (Å²) in [6.07, 6.45) is 0. The first kappa shape index (κ1) is 12.9. The molecule has 0 spiro atoms. The largest absolute Gasteiger partial charge is 0.342 e. The molecule has 102 valence electrons. The predicted octanol–water partition coefficient (Wildman–Crippen LogP) is 3.42. The van der Waals surface area contributed by atoms with Crippen LogP contribution in [0, 0.1) is 6.92 Å². The van der Waals surface area contributed by atoms with Gasteiger partial charge in [0.2, 0.25) is 0 Å². The number of nitrogens with zero attached hydrogens (tertiary/aromatic N) is 1. The van der Waals surface area contributed by atoms with Crippen molar-refractivity contribution in [1.82, 2.24) is 15.3 Å². The Balaban J connectivity index is 1.81. The molecular formula is C15H15N3OS. The van der Waals surface area contributed by atoms with Crippen LogP contribution in [0.4, 0.5) is 0 Å². The number of benzene rings is 1. The molecule has 0 saturated heterocycles. The summed E-state index contributed by atoms with van der Waals surface area (Å²) in [5.41, 5.74) is 3.10. The van der Waals surface area contributed by atoms with E-state index in [4.69, 9.17) is 0 Å². The summed E-state index contributed by atoms with van der Waals surface area (Å²) in [4.78, 5) is 20.5. The fourth-order valence-electron chi connectivity index (χ4n) is 2.09. The molecule has 5 heteroatoms. The maximum Gasteiger partial charge on any atom is 0.261 e. The Morgan fingerprint density at radius 3 is 3.00 bits per heavy atom. The summed E-state index contributed by atoms with van der Waals surface area (Å²) in [6.45, 7) is 3.97. The zero-order valence-electron chi connectivity index (χ0n) is 11.3. The highest BCUT2D eigenvalue weighted by Crippen LogP contribution is 2.18. The predicted molar refractivity (Wildman–Crippen MR) is 81.0 cm³/mol. The quantitative estimate of drug-likeness (QED) is 0.774. The van der Waals surface area contributed by atoms with Gasteiger partial charge < -0.3 is 10.3 Å². The standard InChI is InChI=1S/C15H15N3OS/c1-9-5-6-11-12(8-9)18-14(17-11)10(2)16-15(19)13-4-3-7-20-13/h3-8,10H,1-2H3,(H,16,19)(H,17,18). The molecular weight excluding hydrogens is 270 g/mol. The van der Waals surface area contributed by atoms with Crippen molar-refractivity contribution in [2.24, 2.45) is 0 Å². The Labute approximate surface area is 120 Å². The van der Waals surface area contributed by atoms with Crippen molar-refractivity contribution in [2.45, 2.75) is 19.9 Å². The Hall–Kier alpha value is -2.14. The third-order valence-electron chi connectivity index (χ3n) is 3.16. The maximum absolute atomic E-state index is 12.0. The summed E-state index contributed by atoms with van der Waals surface area (Å²) in [5.74, 6) is 0.708. The van der Waals surface area contributed by atoms with E-state index < -0.39 is 0 Å².